The number of oxime groups is 1. The zero-order valence-corrected chi connectivity index (χ0v) is 47.4. The molecule has 1 saturated heterocycles. The molecule has 3 atom stereocenters. The minimum absolute atomic E-state index is 0.0231. The van der Waals surface area contributed by atoms with E-state index in [1.54, 1.807) is 18.3 Å². The highest BCUT2D eigenvalue weighted by Gasteiger charge is 2.57. The molecule has 12 nitrogen and oxygen atoms in total. The van der Waals surface area contributed by atoms with E-state index < -0.39 is 52.8 Å². The molecule has 2 amide bonds. The van der Waals surface area contributed by atoms with Crippen LogP contribution in [0.4, 0.5) is 10.9 Å². The normalized spacial score (nSPS) is 16.1. The van der Waals surface area contributed by atoms with Crippen molar-refractivity contribution < 1.29 is 24.3 Å². The molecule has 8 aromatic carbocycles. The van der Waals surface area contributed by atoms with Gasteiger partial charge in [0, 0.05) is 39.6 Å². The smallest absolute Gasteiger partial charge is 0.353 e. The van der Waals surface area contributed by atoms with E-state index in [-0.39, 0.29) is 33.7 Å². The average molecular weight is 1160 g/mol. The predicted molar refractivity (Wildman–Crippen MR) is 331 cm³/mol. The Balaban J connectivity index is 1.00. The number of carboxylic acids is 1. The zero-order chi connectivity index (χ0) is 57.6. The molecule has 2 aliphatic heterocycles. The number of fused-ring (bicyclic) bond motifs is 1. The molecule has 84 heavy (non-hydrogen) atoms. The Labute approximate surface area is 499 Å². The highest BCUT2D eigenvalue weighted by Crippen LogP contribution is 2.53. The van der Waals surface area contributed by atoms with Gasteiger partial charge in [-0.3, -0.25) is 14.5 Å². The monoisotopic (exact) mass is 1160 g/mol. The SMILES string of the molecule is Nc1ncccc1SC1=C(C(=O)O)N2C(=O)C(NC(=O)C(=NOC(c3ccccc3)(c3ccccc3)c3ccccc3)c3nc(NC(c4ccccc4)(c4ccccc4)c4ccccc4)sc3Cl)C2CC1C(c1ccccc1)c1ccccc1. The average Bonchev–Trinajstić information content (AvgIpc) is 1.20. The molecule has 1 fully saturated rings. The number of carboxylic acid groups (broad SMARTS) is 1. The molecule has 0 bridgehead atoms. The third kappa shape index (κ3) is 10.4. The number of aromatic nitrogens is 2. The van der Waals surface area contributed by atoms with Crippen molar-refractivity contribution in [2.75, 3.05) is 11.1 Å². The van der Waals surface area contributed by atoms with Gasteiger partial charge in [-0.15, -0.1) is 0 Å². The summed E-state index contributed by atoms with van der Waals surface area (Å²) in [6.07, 6.45) is 1.80. The standard InChI is InChI=1S/C69H54ClN7O5S2/c70-62-58(74-67(84-62)75-68(47-30-13-3-14-31-47,48-32-15-4-16-33-48)49-34-17-5-18-35-49)59(76-82-69(50-36-19-6-20-37-50,51-38-21-7-22-39-51)52-40-23-8-24-41-52)64(78)73-57-54-44-53(56(45-26-9-1-10-27-45)46-28-11-2-12-29-46)61(60(66(80)81)77(54)65(57)79)83-55-42-25-43-72-63(55)71/h1-43,53-54,56-57H,44H2,(H2,71,72)(H,73,78)(H,74,75)(H,80,81). The lowest BCUT2D eigenvalue weighted by molar-refractivity contribution is -0.156. The van der Waals surface area contributed by atoms with E-state index >= 15 is 9.59 Å². The molecule has 5 N–H and O–H groups in total. The maximum Gasteiger partial charge on any atom is 0.353 e. The fourth-order valence-corrected chi connectivity index (χ4v) is 14.0. The molecule has 3 unspecified atom stereocenters. The first-order chi connectivity index (χ1) is 41.2. The van der Waals surface area contributed by atoms with Gasteiger partial charge in [-0.2, -0.15) is 0 Å². The molecular formula is C69H54ClN7O5S2. The summed E-state index contributed by atoms with van der Waals surface area (Å²) in [5.41, 5.74) is 10.1. The summed E-state index contributed by atoms with van der Waals surface area (Å²) in [6, 6.07) is 80.0. The minimum Gasteiger partial charge on any atom is -0.477 e. The Bertz CT molecular complexity index is 3780. The van der Waals surface area contributed by atoms with Gasteiger partial charge in [-0.1, -0.05) is 283 Å². The van der Waals surface area contributed by atoms with Gasteiger partial charge in [0.2, 0.25) is 5.60 Å². The van der Waals surface area contributed by atoms with Crippen molar-refractivity contribution in [1.29, 1.82) is 0 Å². The number of rotatable bonds is 19. The third-order valence-electron chi connectivity index (χ3n) is 15.5. The van der Waals surface area contributed by atoms with Crippen molar-refractivity contribution in [2.45, 2.75) is 40.5 Å². The van der Waals surface area contributed by atoms with Gasteiger partial charge in [0.15, 0.2) is 10.8 Å². The molecular weight excluding hydrogens is 1110 g/mol. The Morgan fingerprint density at radius 2 is 1.10 bits per heavy atom. The first-order valence-corrected chi connectivity index (χ1v) is 29.3. The number of thiazole rings is 1. The lowest BCUT2D eigenvalue weighted by Crippen LogP contribution is -2.73. The summed E-state index contributed by atoms with van der Waals surface area (Å²) in [4.78, 5) is 63.6. The summed E-state index contributed by atoms with van der Waals surface area (Å²) < 4.78 is 0.100. The van der Waals surface area contributed by atoms with Crippen LogP contribution in [0.5, 0.6) is 0 Å². The molecule has 2 aromatic heterocycles. The summed E-state index contributed by atoms with van der Waals surface area (Å²) in [5.74, 6) is -3.52. The number of nitrogens with zero attached hydrogens (tertiary/aromatic N) is 4. The van der Waals surface area contributed by atoms with E-state index in [9.17, 15) is 9.90 Å². The van der Waals surface area contributed by atoms with Crippen LogP contribution >= 0.6 is 34.7 Å². The summed E-state index contributed by atoms with van der Waals surface area (Å²) in [5, 5.41) is 23.4. The molecule has 10 aromatic rings. The second kappa shape index (κ2) is 24.1. The number of β-lactam (4-membered cyclic amide) rings is 1. The van der Waals surface area contributed by atoms with E-state index in [0.717, 1.165) is 39.2 Å². The van der Waals surface area contributed by atoms with Crippen LogP contribution in [0.15, 0.2) is 282 Å². The molecule has 15 heteroatoms. The van der Waals surface area contributed by atoms with Crippen molar-refractivity contribution >= 4 is 69.1 Å². The van der Waals surface area contributed by atoms with Crippen LogP contribution in [0, 0.1) is 5.92 Å². The Kier molecular flexibility index (Phi) is 15.8. The fourth-order valence-electron chi connectivity index (χ4n) is 11.7. The molecule has 0 radical (unpaired) electrons. The molecule has 4 heterocycles. The predicted octanol–water partition coefficient (Wildman–Crippen LogP) is 13.5. The number of hydrogen-bond acceptors (Lipinski definition) is 11. The number of aliphatic carboxylic acids is 1. The number of anilines is 2. The van der Waals surface area contributed by atoms with E-state index in [1.165, 1.54) is 16.7 Å². The Hall–Kier alpha value is -9.60. The summed E-state index contributed by atoms with van der Waals surface area (Å²) in [7, 11) is 0. The van der Waals surface area contributed by atoms with Crippen LogP contribution < -0.4 is 16.4 Å². The molecule has 2 aliphatic rings. The molecule has 414 valence electrons. The Morgan fingerprint density at radius 1 is 0.655 bits per heavy atom. The van der Waals surface area contributed by atoms with Crippen molar-refractivity contribution in [3.63, 3.8) is 0 Å². The number of halogens is 1. The second-order valence-corrected chi connectivity index (χ2v) is 23.0. The molecule has 0 spiro atoms. The number of amides is 2. The van der Waals surface area contributed by atoms with Crippen LogP contribution in [0.2, 0.25) is 4.34 Å². The Morgan fingerprint density at radius 3 is 1.54 bits per heavy atom. The van der Waals surface area contributed by atoms with Gasteiger partial charge >= 0.3 is 5.97 Å². The fraction of sp³-hybridized carbons (Fsp3) is 0.101. The van der Waals surface area contributed by atoms with E-state index in [1.807, 2.05) is 243 Å². The number of carbonyl (C=O) groups is 3. The van der Waals surface area contributed by atoms with Gasteiger partial charge in [-0.25, -0.2) is 14.8 Å². The lowest BCUT2D eigenvalue weighted by atomic mass is 9.71. The quantitative estimate of drug-likeness (QED) is 0.0264. The molecule has 0 saturated carbocycles. The van der Waals surface area contributed by atoms with Gasteiger partial charge in [-0.05, 0) is 46.4 Å². The largest absolute Gasteiger partial charge is 0.477 e. The zero-order valence-electron chi connectivity index (χ0n) is 45.0. The number of benzene rings is 8. The number of hydrogen-bond donors (Lipinski definition) is 4. The third-order valence-corrected chi connectivity index (χ3v) is 18.0. The number of nitrogens with one attached hydrogen (secondary N) is 2. The lowest BCUT2D eigenvalue weighted by Gasteiger charge is -2.53. The summed E-state index contributed by atoms with van der Waals surface area (Å²) >= 11 is 9.74. The minimum atomic E-state index is -1.46. The highest BCUT2D eigenvalue weighted by molar-refractivity contribution is 8.03. The van der Waals surface area contributed by atoms with Crippen molar-refractivity contribution in [1.82, 2.24) is 20.2 Å². The van der Waals surface area contributed by atoms with Crippen molar-refractivity contribution in [3.8, 4) is 0 Å². The number of pyridine rings is 1. The van der Waals surface area contributed by atoms with Crippen LogP contribution in [0.1, 0.15) is 62.5 Å². The molecule has 12 rings (SSSR count). The van der Waals surface area contributed by atoms with E-state index in [4.69, 9.17) is 32.3 Å². The first-order valence-electron chi connectivity index (χ1n) is 27.3. The maximum absolute atomic E-state index is 15.9. The number of carbonyl (C=O) groups excluding carboxylic acids is 2. The van der Waals surface area contributed by atoms with Crippen LogP contribution in [-0.2, 0) is 30.4 Å². The van der Waals surface area contributed by atoms with Crippen LogP contribution in [0.25, 0.3) is 0 Å². The van der Waals surface area contributed by atoms with Gasteiger partial charge in [0.05, 0.1) is 10.9 Å². The first kappa shape index (κ1) is 55.0. The van der Waals surface area contributed by atoms with E-state index in [0.29, 0.717) is 31.6 Å². The van der Waals surface area contributed by atoms with Gasteiger partial charge in [0.1, 0.15) is 33.1 Å². The molecule has 0 aliphatic carbocycles. The van der Waals surface area contributed by atoms with Gasteiger partial charge < -0.3 is 26.3 Å². The number of nitrogens with two attached hydrogens (primary N) is 1. The topological polar surface area (TPSA) is 172 Å². The maximum atomic E-state index is 15.9. The van der Waals surface area contributed by atoms with Crippen molar-refractivity contribution in [2.24, 2.45) is 11.1 Å². The summed E-state index contributed by atoms with van der Waals surface area (Å²) in [6.45, 7) is 0. The number of thioether (sulfide) groups is 1. The number of nitrogen functional groups attached to an aromatic ring is 1. The van der Waals surface area contributed by atoms with Crippen LogP contribution in [-0.4, -0.2) is 55.6 Å². The van der Waals surface area contributed by atoms with Crippen LogP contribution in [0.3, 0.4) is 0 Å². The van der Waals surface area contributed by atoms with Gasteiger partial charge in [0.25, 0.3) is 11.8 Å². The second-order valence-electron chi connectivity index (χ2n) is 20.3. The van der Waals surface area contributed by atoms with E-state index in [2.05, 4.69) is 15.6 Å². The van der Waals surface area contributed by atoms with Crippen molar-refractivity contribution in [3.05, 3.63) is 326 Å². The highest BCUT2D eigenvalue weighted by atomic mass is 35.5. The number of allylic oxidation sites excluding steroid dienone is 1.